The van der Waals surface area contributed by atoms with Crippen molar-refractivity contribution in [2.24, 2.45) is 10.9 Å². The van der Waals surface area contributed by atoms with Crippen molar-refractivity contribution < 1.29 is 0 Å². The van der Waals surface area contributed by atoms with Crippen LogP contribution < -0.4 is 4.90 Å². The Morgan fingerprint density at radius 1 is 0.727 bits per heavy atom. The summed E-state index contributed by atoms with van der Waals surface area (Å²) in [6.07, 6.45) is 13.8. The average Bonchev–Trinajstić information content (AvgIpc) is 3.32. The van der Waals surface area contributed by atoms with Crippen LogP contribution in [0.5, 0.6) is 0 Å². The van der Waals surface area contributed by atoms with Gasteiger partial charge in [-0.3, -0.25) is 9.89 Å². The second-order valence-electron chi connectivity index (χ2n) is 12.6. The number of hydrogen-bond acceptors (Lipinski definition) is 2. The van der Waals surface area contributed by atoms with Gasteiger partial charge in [0.15, 0.2) is 0 Å². The van der Waals surface area contributed by atoms with E-state index in [9.17, 15) is 0 Å². The molecule has 8 rings (SSSR count). The molecule has 1 atom stereocenters. The molecule has 0 saturated carbocycles. The van der Waals surface area contributed by atoms with Gasteiger partial charge in [0.05, 0.1) is 12.2 Å². The van der Waals surface area contributed by atoms with E-state index in [1.165, 1.54) is 55.4 Å². The Hall–Kier alpha value is -4.95. The third-order valence-electron chi connectivity index (χ3n) is 9.63. The molecule has 1 aliphatic heterocycles. The van der Waals surface area contributed by atoms with Crippen LogP contribution >= 0.6 is 0 Å². The highest BCUT2D eigenvalue weighted by molar-refractivity contribution is 6.19. The van der Waals surface area contributed by atoms with Crippen molar-refractivity contribution in [2.75, 3.05) is 11.4 Å². The number of benzene rings is 5. The topological polar surface area (TPSA) is 15.6 Å². The van der Waals surface area contributed by atoms with E-state index in [1.807, 2.05) is 0 Å². The quantitative estimate of drug-likeness (QED) is 0.211. The summed E-state index contributed by atoms with van der Waals surface area (Å²) in [4.78, 5) is 7.75. The molecule has 1 unspecified atom stereocenters. The second-order valence-corrected chi connectivity index (χ2v) is 12.6. The van der Waals surface area contributed by atoms with E-state index in [-0.39, 0.29) is 5.41 Å². The molecule has 0 bridgehead atoms. The van der Waals surface area contributed by atoms with E-state index < -0.39 is 0 Å². The van der Waals surface area contributed by atoms with Crippen molar-refractivity contribution >= 4 is 28.0 Å². The Morgan fingerprint density at radius 3 is 2.25 bits per heavy atom. The lowest BCUT2D eigenvalue weighted by Gasteiger charge is -2.32. The molecule has 5 aromatic rings. The van der Waals surface area contributed by atoms with Crippen LogP contribution in [0.2, 0.25) is 0 Å². The molecule has 0 radical (unpaired) electrons. The Balaban J connectivity index is 1.35. The van der Waals surface area contributed by atoms with Gasteiger partial charge in [-0.2, -0.15) is 0 Å². The van der Waals surface area contributed by atoms with Crippen LogP contribution in [0.4, 0.5) is 11.4 Å². The van der Waals surface area contributed by atoms with Gasteiger partial charge in [0.2, 0.25) is 0 Å². The molecule has 0 fully saturated rings. The first-order valence-corrected chi connectivity index (χ1v) is 15.8. The van der Waals surface area contributed by atoms with Crippen LogP contribution in [0.1, 0.15) is 37.8 Å². The number of nitrogens with zero attached hydrogens (tertiary/aromatic N) is 2. The molecule has 0 aromatic heterocycles. The van der Waals surface area contributed by atoms with Gasteiger partial charge in [-0.15, -0.1) is 0 Å². The highest BCUT2D eigenvalue weighted by atomic mass is 15.2. The van der Waals surface area contributed by atoms with Crippen LogP contribution in [-0.4, -0.2) is 12.4 Å². The van der Waals surface area contributed by atoms with Crippen LogP contribution in [0.15, 0.2) is 150 Å². The predicted molar refractivity (Wildman–Crippen MR) is 187 cm³/mol. The first kappa shape index (κ1) is 26.7. The maximum Gasteiger partial charge on any atom is 0.132 e. The fourth-order valence-electron chi connectivity index (χ4n) is 7.31. The molecule has 44 heavy (non-hydrogen) atoms. The highest BCUT2D eigenvalue weighted by Crippen LogP contribution is 2.55. The highest BCUT2D eigenvalue weighted by Gasteiger charge is 2.39. The number of dihydropyridines is 1. The molecule has 0 amide bonds. The molecule has 0 spiro atoms. The molecule has 2 heteroatoms. The van der Waals surface area contributed by atoms with Crippen LogP contribution in [0, 0.1) is 5.92 Å². The number of hydrogen-bond donors (Lipinski definition) is 0. The van der Waals surface area contributed by atoms with Gasteiger partial charge in [-0.25, -0.2) is 0 Å². The normalized spacial score (nSPS) is 18.0. The lowest BCUT2D eigenvalue weighted by Crippen LogP contribution is -2.28. The number of allylic oxidation sites excluding steroid dienone is 3. The lowest BCUT2D eigenvalue weighted by molar-refractivity contribution is 0.661. The Bertz CT molecular complexity index is 2010. The summed E-state index contributed by atoms with van der Waals surface area (Å²) in [7, 11) is 0. The third-order valence-corrected chi connectivity index (χ3v) is 9.63. The van der Waals surface area contributed by atoms with Crippen molar-refractivity contribution in [2.45, 2.75) is 32.1 Å². The van der Waals surface area contributed by atoms with Gasteiger partial charge in [0.25, 0.3) is 0 Å². The summed E-state index contributed by atoms with van der Waals surface area (Å²) in [5.41, 5.74) is 11.4. The Kier molecular flexibility index (Phi) is 6.45. The number of rotatable bonds is 4. The van der Waals surface area contributed by atoms with Crippen LogP contribution in [-0.2, 0) is 5.41 Å². The zero-order chi connectivity index (χ0) is 29.7. The molecule has 2 aliphatic carbocycles. The first-order valence-electron chi connectivity index (χ1n) is 15.8. The predicted octanol–water partition coefficient (Wildman–Crippen LogP) is 10.8. The average molecular weight is 569 g/mol. The summed E-state index contributed by atoms with van der Waals surface area (Å²) < 4.78 is 0. The molecular weight excluding hydrogens is 532 g/mol. The summed E-state index contributed by atoms with van der Waals surface area (Å²) >= 11 is 0. The van der Waals surface area contributed by atoms with Gasteiger partial charge < -0.3 is 0 Å². The fourth-order valence-corrected chi connectivity index (χ4v) is 7.31. The van der Waals surface area contributed by atoms with E-state index in [1.54, 1.807) is 0 Å². The number of anilines is 2. The van der Waals surface area contributed by atoms with Crippen LogP contribution in [0.25, 0.3) is 33.0 Å². The van der Waals surface area contributed by atoms with Crippen molar-refractivity contribution in [3.63, 3.8) is 0 Å². The first-order chi connectivity index (χ1) is 21.6. The number of aliphatic imine (C=N–C) groups is 1. The molecular formula is C42H36N2. The van der Waals surface area contributed by atoms with Crippen LogP contribution in [0.3, 0.4) is 0 Å². The molecule has 2 nitrogen and oxygen atoms in total. The summed E-state index contributed by atoms with van der Waals surface area (Å²) in [5.74, 6) is 1.30. The minimum absolute atomic E-state index is 0.108. The number of amidine groups is 1. The molecule has 0 N–H and O–H groups in total. The third kappa shape index (κ3) is 4.36. The van der Waals surface area contributed by atoms with Gasteiger partial charge >= 0.3 is 0 Å². The standard InChI is InChI=1S/C42H36N2/c1-42(2)37-20-12-11-19-36(37)40-38(42)27-32-17-9-10-18-35(32)41(40)44(34-24-21-31(22-25-34)29-13-5-3-6-14-29)39-26-23-33(28-43-39)30-15-7-4-8-16-30/h3,5-7,9-27,33H,4,8,28H2,1-2H3. The molecule has 214 valence electrons. The molecule has 5 aromatic carbocycles. The van der Waals surface area contributed by atoms with Gasteiger partial charge in [0.1, 0.15) is 5.84 Å². The lowest BCUT2D eigenvalue weighted by atomic mass is 9.81. The van der Waals surface area contributed by atoms with E-state index in [2.05, 4.69) is 158 Å². The minimum atomic E-state index is -0.108. The van der Waals surface area contributed by atoms with Gasteiger partial charge in [-0.05, 0) is 75.9 Å². The maximum absolute atomic E-state index is 5.33. The Morgan fingerprint density at radius 2 is 1.48 bits per heavy atom. The fraction of sp³-hybridized carbons (Fsp3) is 0.167. The van der Waals surface area contributed by atoms with Crippen molar-refractivity contribution in [3.8, 4) is 22.3 Å². The van der Waals surface area contributed by atoms with Gasteiger partial charge in [-0.1, -0.05) is 129 Å². The molecule has 3 aliphatic rings. The zero-order valence-corrected chi connectivity index (χ0v) is 25.4. The summed E-state index contributed by atoms with van der Waals surface area (Å²) in [6.45, 7) is 5.47. The Labute approximate surface area is 260 Å². The SMILES string of the molecule is CC1(C)c2ccccc2-c2c1cc1ccccc1c2N(C1=NCC(C2=CCCC=C2)C=C1)c1ccc(-c2ccccc2)cc1. The minimum Gasteiger partial charge on any atom is -0.294 e. The monoisotopic (exact) mass is 568 g/mol. The largest absolute Gasteiger partial charge is 0.294 e. The van der Waals surface area contributed by atoms with E-state index in [0.717, 1.165) is 30.9 Å². The van der Waals surface area contributed by atoms with E-state index in [4.69, 9.17) is 4.99 Å². The zero-order valence-electron chi connectivity index (χ0n) is 25.4. The van der Waals surface area contributed by atoms with E-state index in [0.29, 0.717) is 5.92 Å². The summed E-state index contributed by atoms with van der Waals surface area (Å²) in [5, 5.41) is 2.49. The van der Waals surface area contributed by atoms with Crippen molar-refractivity contribution in [1.29, 1.82) is 0 Å². The molecule has 1 heterocycles. The molecule has 0 saturated heterocycles. The number of fused-ring (bicyclic) bond motifs is 4. The summed E-state index contributed by atoms with van der Waals surface area (Å²) in [6, 6.07) is 39.8. The maximum atomic E-state index is 5.33. The van der Waals surface area contributed by atoms with Crippen molar-refractivity contribution in [3.05, 3.63) is 156 Å². The van der Waals surface area contributed by atoms with Gasteiger partial charge in [0, 0.05) is 28.0 Å². The smallest absolute Gasteiger partial charge is 0.132 e. The van der Waals surface area contributed by atoms with Crippen molar-refractivity contribution in [1.82, 2.24) is 0 Å². The second kappa shape index (κ2) is 10.6. The van der Waals surface area contributed by atoms with E-state index >= 15 is 0 Å².